The standard InChI is InChI=1S/C18H24Cl3IN/c1-4-7-9-23(10-8-5-2,18(22)6-3)13-15-16(20)11-14(19)12-17(15)21/h3,11-12,18H,4-5,7-10,13H2,1-2H3/q+1. The second kappa shape index (κ2) is 10.4. The van der Waals surface area contributed by atoms with Gasteiger partial charge in [0.05, 0.1) is 23.1 Å². The highest BCUT2D eigenvalue weighted by Crippen LogP contribution is 2.34. The Morgan fingerprint density at radius 2 is 1.57 bits per heavy atom. The summed E-state index contributed by atoms with van der Waals surface area (Å²) in [5.74, 6) is 2.94. The van der Waals surface area contributed by atoms with Crippen molar-refractivity contribution in [3.8, 4) is 12.3 Å². The van der Waals surface area contributed by atoms with E-state index in [1.165, 1.54) is 0 Å². The van der Waals surface area contributed by atoms with Gasteiger partial charge in [0.2, 0.25) is 4.05 Å². The number of hydrogen-bond donors (Lipinski definition) is 0. The van der Waals surface area contributed by atoms with Gasteiger partial charge in [-0.1, -0.05) is 61.5 Å². The van der Waals surface area contributed by atoms with E-state index in [0.29, 0.717) is 15.1 Å². The van der Waals surface area contributed by atoms with Gasteiger partial charge in [0, 0.05) is 33.2 Å². The van der Waals surface area contributed by atoms with Gasteiger partial charge in [-0.05, 0) is 30.9 Å². The third-order valence-corrected chi connectivity index (χ3v) is 6.55. The Labute approximate surface area is 169 Å². The predicted octanol–water partition coefficient (Wildman–Crippen LogP) is 6.96. The molecule has 0 spiro atoms. The van der Waals surface area contributed by atoms with Crippen LogP contribution in [0.25, 0.3) is 0 Å². The van der Waals surface area contributed by atoms with Gasteiger partial charge in [0.1, 0.15) is 6.54 Å². The molecular formula is C18H24Cl3IN+. The second-order valence-electron chi connectivity index (χ2n) is 5.88. The van der Waals surface area contributed by atoms with Crippen molar-refractivity contribution in [3.63, 3.8) is 0 Å². The Morgan fingerprint density at radius 1 is 1.09 bits per heavy atom. The molecule has 0 aliphatic rings. The van der Waals surface area contributed by atoms with Crippen molar-refractivity contribution in [2.75, 3.05) is 13.1 Å². The predicted molar refractivity (Wildman–Crippen MR) is 112 cm³/mol. The molecule has 1 aromatic carbocycles. The maximum atomic E-state index is 6.42. The smallest absolute Gasteiger partial charge is 0.200 e. The van der Waals surface area contributed by atoms with Crippen LogP contribution < -0.4 is 0 Å². The van der Waals surface area contributed by atoms with Gasteiger partial charge in [0.15, 0.2) is 0 Å². The minimum absolute atomic E-state index is 0.0912. The molecule has 0 radical (unpaired) electrons. The summed E-state index contributed by atoms with van der Waals surface area (Å²) in [5, 5.41) is 1.81. The zero-order valence-corrected chi connectivity index (χ0v) is 18.1. The van der Waals surface area contributed by atoms with Gasteiger partial charge >= 0.3 is 0 Å². The summed E-state index contributed by atoms with van der Waals surface area (Å²) in [6.45, 7) is 7.21. The fourth-order valence-corrected chi connectivity index (χ4v) is 4.41. The van der Waals surface area contributed by atoms with Crippen LogP contribution in [0, 0.1) is 12.3 Å². The monoisotopic (exact) mass is 486 g/mol. The maximum absolute atomic E-state index is 6.42. The third kappa shape index (κ3) is 5.97. The number of halogens is 4. The molecule has 1 rings (SSSR count). The fraction of sp³-hybridized carbons (Fsp3) is 0.556. The number of hydrogen-bond acceptors (Lipinski definition) is 0. The van der Waals surface area contributed by atoms with Crippen LogP contribution in [0.5, 0.6) is 0 Å². The van der Waals surface area contributed by atoms with Gasteiger partial charge in [-0.25, -0.2) is 0 Å². The quantitative estimate of drug-likeness (QED) is 0.116. The van der Waals surface area contributed by atoms with E-state index in [9.17, 15) is 0 Å². The number of nitrogens with zero attached hydrogens (tertiary/aromatic N) is 1. The van der Waals surface area contributed by atoms with E-state index in [-0.39, 0.29) is 4.05 Å². The van der Waals surface area contributed by atoms with Crippen molar-refractivity contribution in [1.82, 2.24) is 0 Å². The molecule has 0 fully saturated rings. The van der Waals surface area contributed by atoms with Crippen molar-refractivity contribution >= 4 is 57.4 Å². The summed E-state index contributed by atoms with van der Waals surface area (Å²) in [4.78, 5) is 0. The number of rotatable bonds is 9. The average Bonchev–Trinajstić information content (AvgIpc) is 2.52. The van der Waals surface area contributed by atoms with E-state index in [0.717, 1.165) is 55.4 Å². The summed E-state index contributed by atoms with van der Waals surface area (Å²) in [6.07, 6.45) is 10.3. The molecule has 0 N–H and O–H groups in total. The third-order valence-electron chi connectivity index (χ3n) is 4.11. The molecule has 0 aromatic heterocycles. The molecule has 0 amide bonds. The molecule has 0 heterocycles. The Hall–Kier alpha value is 0.340. The first kappa shape index (κ1) is 21.4. The lowest BCUT2D eigenvalue weighted by Crippen LogP contribution is -2.53. The van der Waals surface area contributed by atoms with Crippen molar-refractivity contribution in [1.29, 1.82) is 0 Å². The Kier molecular flexibility index (Phi) is 9.63. The lowest BCUT2D eigenvalue weighted by Gasteiger charge is -2.41. The Bertz CT molecular complexity index is 523. The number of terminal acetylenes is 1. The maximum Gasteiger partial charge on any atom is 0.200 e. The first-order valence-corrected chi connectivity index (χ1v) is 10.4. The lowest BCUT2D eigenvalue weighted by molar-refractivity contribution is -0.940. The Balaban J connectivity index is 3.24. The first-order chi connectivity index (χ1) is 10.9. The van der Waals surface area contributed by atoms with Crippen LogP contribution in [0.1, 0.15) is 45.1 Å². The molecule has 5 heteroatoms. The molecule has 0 aliphatic heterocycles. The van der Waals surface area contributed by atoms with Crippen LogP contribution in [0.3, 0.4) is 0 Å². The SMILES string of the molecule is C#CC(I)[N+](CCCC)(CCCC)Cc1c(Cl)cc(Cl)cc1Cl. The summed E-state index contributed by atoms with van der Waals surface area (Å²) in [7, 11) is 0. The molecule has 1 atom stereocenters. The zero-order valence-electron chi connectivity index (χ0n) is 13.7. The number of benzene rings is 1. The van der Waals surface area contributed by atoms with E-state index in [1.807, 2.05) is 0 Å². The van der Waals surface area contributed by atoms with Crippen LogP contribution in [-0.4, -0.2) is 21.6 Å². The molecule has 23 heavy (non-hydrogen) atoms. The van der Waals surface area contributed by atoms with Gasteiger partial charge < -0.3 is 0 Å². The summed E-state index contributed by atoms with van der Waals surface area (Å²) >= 11 is 21.3. The molecule has 128 valence electrons. The van der Waals surface area contributed by atoms with Gasteiger partial charge in [-0.2, -0.15) is 0 Å². The first-order valence-electron chi connectivity index (χ1n) is 7.99. The minimum Gasteiger partial charge on any atom is -0.299 e. The second-order valence-corrected chi connectivity index (χ2v) is 8.31. The van der Waals surface area contributed by atoms with Crippen LogP contribution in [0.2, 0.25) is 15.1 Å². The van der Waals surface area contributed by atoms with Crippen molar-refractivity contribution in [2.45, 2.75) is 50.1 Å². The van der Waals surface area contributed by atoms with E-state index >= 15 is 0 Å². The summed E-state index contributed by atoms with van der Waals surface area (Å²) in [6, 6.07) is 3.52. The Morgan fingerprint density at radius 3 is 1.96 bits per heavy atom. The molecule has 0 saturated heterocycles. The highest BCUT2D eigenvalue weighted by molar-refractivity contribution is 14.1. The van der Waals surface area contributed by atoms with Crippen LogP contribution >= 0.6 is 57.4 Å². The molecule has 1 unspecified atom stereocenters. The van der Waals surface area contributed by atoms with Crippen molar-refractivity contribution < 1.29 is 4.48 Å². The largest absolute Gasteiger partial charge is 0.299 e. The van der Waals surface area contributed by atoms with E-state index < -0.39 is 0 Å². The van der Waals surface area contributed by atoms with E-state index in [1.54, 1.807) is 12.1 Å². The van der Waals surface area contributed by atoms with Crippen LogP contribution in [0.15, 0.2) is 12.1 Å². The molecular weight excluding hydrogens is 463 g/mol. The van der Waals surface area contributed by atoms with Gasteiger partial charge in [-0.15, -0.1) is 6.42 Å². The molecule has 0 bridgehead atoms. The highest BCUT2D eigenvalue weighted by atomic mass is 127. The van der Waals surface area contributed by atoms with Crippen molar-refractivity contribution in [2.24, 2.45) is 0 Å². The minimum atomic E-state index is 0.0912. The van der Waals surface area contributed by atoms with E-state index in [2.05, 4.69) is 42.4 Å². The van der Waals surface area contributed by atoms with Crippen LogP contribution in [-0.2, 0) is 6.54 Å². The molecule has 1 aromatic rings. The average molecular weight is 488 g/mol. The number of unbranched alkanes of at least 4 members (excludes halogenated alkanes) is 2. The van der Waals surface area contributed by atoms with E-state index in [4.69, 9.17) is 41.2 Å². The molecule has 0 saturated carbocycles. The lowest BCUT2D eigenvalue weighted by atomic mass is 10.1. The summed E-state index contributed by atoms with van der Waals surface area (Å²) < 4.78 is 0.910. The topological polar surface area (TPSA) is 0 Å². The number of quaternary nitrogens is 1. The zero-order chi connectivity index (χ0) is 17.5. The number of alkyl halides is 1. The molecule has 1 nitrogen and oxygen atoms in total. The van der Waals surface area contributed by atoms with Gasteiger partial charge in [-0.3, -0.25) is 4.48 Å². The van der Waals surface area contributed by atoms with Crippen LogP contribution in [0.4, 0.5) is 0 Å². The fourth-order valence-electron chi connectivity index (χ4n) is 2.72. The highest BCUT2D eigenvalue weighted by Gasteiger charge is 2.34. The normalized spacial score (nSPS) is 12.9. The molecule has 0 aliphatic carbocycles. The van der Waals surface area contributed by atoms with Crippen molar-refractivity contribution in [3.05, 3.63) is 32.8 Å². The summed E-state index contributed by atoms with van der Waals surface area (Å²) in [5.41, 5.74) is 0.946. The van der Waals surface area contributed by atoms with Gasteiger partial charge in [0.25, 0.3) is 0 Å².